The van der Waals surface area contributed by atoms with Gasteiger partial charge in [-0.05, 0) is 38.2 Å². The highest BCUT2D eigenvalue weighted by molar-refractivity contribution is 14.0. The zero-order valence-electron chi connectivity index (χ0n) is 14.1. The van der Waals surface area contributed by atoms with E-state index in [1.807, 2.05) is 12.3 Å². The summed E-state index contributed by atoms with van der Waals surface area (Å²) in [6, 6.07) is 5.66. The van der Waals surface area contributed by atoms with Crippen LogP contribution in [0, 0.1) is 0 Å². The second-order valence-corrected chi connectivity index (χ2v) is 6.30. The molecule has 2 aliphatic rings. The molecule has 3 heterocycles. The fourth-order valence-corrected chi connectivity index (χ4v) is 3.42. The van der Waals surface area contributed by atoms with Gasteiger partial charge in [0.1, 0.15) is 0 Å². The number of nitrogens with zero attached hydrogens (tertiary/aromatic N) is 2. The zero-order valence-corrected chi connectivity index (χ0v) is 16.4. The molecule has 2 N–H and O–H groups in total. The summed E-state index contributed by atoms with van der Waals surface area (Å²) < 4.78 is 7.61. The average Bonchev–Trinajstić information content (AvgIpc) is 3.18. The fraction of sp³-hybridized carbons (Fsp3) is 0.647. The Bertz CT molecular complexity index is 604. The molecule has 134 valence electrons. The minimum absolute atomic E-state index is 0. The molecule has 1 aromatic heterocycles. The summed E-state index contributed by atoms with van der Waals surface area (Å²) in [4.78, 5) is 15.9. The third-order valence-corrected chi connectivity index (χ3v) is 4.67. The van der Waals surface area contributed by atoms with Gasteiger partial charge in [-0.25, -0.2) is 0 Å². The number of aryl methyl sites for hydroxylation is 1. The number of aliphatic imine (C=N–C) groups is 1. The Morgan fingerprint density at radius 2 is 2.25 bits per heavy atom. The predicted octanol–water partition coefficient (Wildman–Crippen LogP) is 1.73. The molecule has 0 aromatic carbocycles. The Hall–Kier alpha value is -1.09. The standard InChI is InChI=1S/C17H26N4O2.HI/c1-18-17(20-14-12-13-7-8-15(14)23-13)19-9-3-5-11-21-10-4-2-6-16(21)22;/h2,4,6,10,13-15H,3,5,7-9,11-12H2,1H3,(H2,18,19,20);1H. The van der Waals surface area contributed by atoms with Crippen LogP contribution in [0.25, 0.3) is 0 Å². The quantitative estimate of drug-likeness (QED) is 0.303. The van der Waals surface area contributed by atoms with Gasteiger partial charge in [0.2, 0.25) is 5.56 Å². The van der Waals surface area contributed by atoms with E-state index in [0.29, 0.717) is 18.2 Å². The molecule has 1 aromatic rings. The number of ether oxygens (including phenoxy) is 1. The van der Waals surface area contributed by atoms with Crippen LogP contribution in [0.15, 0.2) is 34.2 Å². The fourth-order valence-electron chi connectivity index (χ4n) is 3.42. The van der Waals surface area contributed by atoms with Gasteiger partial charge in [-0.15, -0.1) is 24.0 Å². The van der Waals surface area contributed by atoms with E-state index >= 15 is 0 Å². The molecule has 0 spiro atoms. The molecule has 0 radical (unpaired) electrons. The lowest BCUT2D eigenvalue weighted by Gasteiger charge is -2.22. The van der Waals surface area contributed by atoms with Crippen LogP contribution in [0.4, 0.5) is 0 Å². The molecule has 2 bridgehead atoms. The maximum Gasteiger partial charge on any atom is 0.250 e. The first-order valence-corrected chi connectivity index (χ1v) is 8.54. The molecule has 2 fully saturated rings. The smallest absolute Gasteiger partial charge is 0.250 e. The summed E-state index contributed by atoms with van der Waals surface area (Å²) in [6.45, 7) is 1.61. The van der Waals surface area contributed by atoms with Crippen molar-refractivity contribution in [2.45, 2.75) is 56.9 Å². The van der Waals surface area contributed by atoms with Gasteiger partial charge in [0.15, 0.2) is 5.96 Å². The zero-order chi connectivity index (χ0) is 16.1. The normalized spacial score (nSPS) is 25.4. The number of nitrogens with one attached hydrogen (secondary N) is 2. The van der Waals surface area contributed by atoms with E-state index in [2.05, 4.69) is 15.6 Å². The monoisotopic (exact) mass is 446 g/mol. The highest BCUT2D eigenvalue weighted by Crippen LogP contribution is 2.34. The van der Waals surface area contributed by atoms with E-state index in [9.17, 15) is 4.79 Å². The van der Waals surface area contributed by atoms with Crippen molar-refractivity contribution in [1.82, 2.24) is 15.2 Å². The second kappa shape index (κ2) is 9.41. The third kappa shape index (κ3) is 4.95. The summed E-state index contributed by atoms with van der Waals surface area (Å²) in [6.07, 6.45) is 8.04. The Morgan fingerprint density at radius 3 is 2.92 bits per heavy atom. The maximum absolute atomic E-state index is 11.6. The van der Waals surface area contributed by atoms with E-state index in [-0.39, 0.29) is 29.5 Å². The molecule has 6 nitrogen and oxygen atoms in total. The van der Waals surface area contributed by atoms with Crippen LogP contribution < -0.4 is 16.2 Å². The molecular weight excluding hydrogens is 419 g/mol. The second-order valence-electron chi connectivity index (χ2n) is 6.30. The van der Waals surface area contributed by atoms with E-state index in [1.54, 1.807) is 23.7 Å². The van der Waals surface area contributed by atoms with Crippen molar-refractivity contribution in [3.8, 4) is 0 Å². The van der Waals surface area contributed by atoms with Crippen molar-refractivity contribution < 1.29 is 4.74 Å². The average molecular weight is 446 g/mol. The number of unbranched alkanes of at least 4 members (excludes halogenated alkanes) is 1. The molecule has 0 saturated carbocycles. The number of fused-ring (bicyclic) bond motifs is 2. The molecule has 3 atom stereocenters. The first-order chi connectivity index (χ1) is 11.3. The van der Waals surface area contributed by atoms with Crippen molar-refractivity contribution in [2.75, 3.05) is 13.6 Å². The van der Waals surface area contributed by atoms with Crippen molar-refractivity contribution in [1.29, 1.82) is 0 Å². The Morgan fingerprint density at radius 1 is 1.38 bits per heavy atom. The molecule has 0 amide bonds. The molecule has 3 unspecified atom stereocenters. The highest BCUT2D eigenvalue weighted by Gasteiger charge is 2.40. The van der Waals surface area contributed by atoms with Gasteiger partial charge in [0, 0.05) is 32.4 Å². The maximum atomic E-state index is 11.6. The Kier molecular flexibility index (Phi) is 7.54. The summed E-state index contributed by atoms with van der Waals surface area (Å²) in [5, 5.41) is 6.83. The van der Waals surface area contributed by atoms with Crippen LogP contribution in [0.1, 0.15) is 32.1 Å². The summed E-state index contributed by atoms with van der Waals surface area (Å²) in [5.74, 6) is 0.850. The molecule has 0 aliphatic carbocycles. The van der Waals surface area contributed by atoms with Crippen molar-refractivity contribution >= 4 is 29.9 Å². The molecule has 3 rings (SSSR count). The largest absolute Gasteiger partial charge is 0.373 e. The first-order valence-electron chi connectivity index (χ1n) is 8.54. The Labute approximate surface area is 160 Å². The third-order valence-electron chi connectivity index (χ3n) is 4.67. The highest BCUT2D eigenvalue weighted by atomic mass is 127. The van der Waals surface area contributed by atoms with Crippen LogP contribution in [0.3, 0.4) is 0 Å². The number of hydrogen-bond donors (Lipinski definition) is 2. The number of aromatic nitrogens is 1. The topological polar surface area (TPSA) is 67.7 Å². The molecule has 2 saturated heterocycles. The molecular formula is C17H27IN4O2. The molecule has 2 aliphatic heterocycles. The van der Waals surface area contributed by atoms with Gasteiger partial charge in [0.05, 0.1) is 18.2 Å². The van der Waals surface area contributed by atoms with Gasteiger partial charge in [-0.1, -0.05) is 6.07 Å². The number of guanidine groups is 1. The van der Waals surface area contributed by atoms with Gasteiger partial charge in [0.25, 0.3) is 0 Å². The van der Waals surface area contributed by atoms with Crippen LogP contribution in [-0.2, 0) is 11.3 Å². The Balaban J connectivity index is 0.00000208. The van der Waals surface area contributed by atoms with Gasteiger partial charge in [-0.3, -0.25) is 9.79 Å². The van der Waals surface area contributed by atoms with E-state index in [4.69, 9.17) is 4.74 Å². The van der Waals surface area contributed by atoms with E-state index in [0.717, 1.165) is 44.7 Å². The van der Waals surface area contributed by atoms with E-state index < -0.39 is 0 Å². The summed E-state index contributed by atoms with van der Waals surface area (Å²) >= 11 is 0. The lowest BCUT2D eigenvalue weighted by atomic mass is 9.96. The van der Waals surface area contributed by atoms with Crippen LogP contribution in [-0.4, -0.2) is 42.4 Å². The van der Waals surface area contributed by atoms with Gasteiger partial charge >= 0.3 is 0 Å². The van der Waals surface area contributed by atoms with Crippen LogP contribution >= 0.6 is 24.0 Å². The predicted molar refractivity (Wildman–Crippen MR) is 106 cm³/mol. The van der Waals surface area contributed by atoms with Crippen molar-refractivity contribution in [3.05, 3.63) is 34.7 Å². The summed E-state index contributed by atoms with van der Waals surface area (Å²) in [7, 11) is 1.80. The van der Waals surface area contributed by atoms with Crippen LogP contribution in [0.5, 0.6) is 0 Å². The van der Waals surface area contributed by atoms with Gasteiger partial charge in [-0.2, -0.15) is 0 Å². The number of pyridine rings is 1. The van der Waals surface area contributed by atoms with Crippen LogP contribution in [0.2, 0.25) is 0 Å². The minimum atomic E-state index is 0. The lowest BCUT2D eigenvalue weighted by Crippen LogP contribution is -2.47. The molecule has 7 heteroatoms. The molecule has 24 heavy (non-hydrogen) atoms. The lowest BCUT2D eigenvalue weighted by molar-refractivity contribution is 0.0992. The van der Waals surface area contributed by atoms with Crippen molar-refractivity contribution in [3.63, 3.8) is 0 Å². The SMILES string of the molecule is CN=C(NCCCCn1ccccc1=O)NC1CC2CCC1O2.I. The number of halogens is 1. The van der Waals surface area contributed by atoms with E-state index in [1.165, 1.54) is 6.42 Å². The number of rotatable bonds is 6. The first kappa shape index (κ1) is 19.2. The van der Waals surface area contributed by atoms with Crippen molar-refractivity contribution in [2.24, 2.45) is 4.99 Å². The summed E-state index contributed by atoms with van der Waals surface area (Å²) in [5.41, 5.74) is 0.0641. The minimum Gasteiger partial charge on any atom is -0.373 e. The van der Waals surface area contributed by atoms with Gasteiger partial charge < -0.3 is 19.9 Å². The number of hydrogen-bond acceptors (Lipinski definition) is 3.